The Kier molecular flexibility index (Phi) is 7.03. The molecule has 0 aliphatic rings. The van der Waals surface area contributed by atoms with Gasteiger partial charge in [0.05, 0.1) is 6.61 Å². The van der Waals surface area contributed by atoms with E-state index in [2.05, 4.69) is 26.1 Å². The Balaban J connectivity index is 2.86. The SMILES string of the molecule is CCOC(=O)C(Cc1ccc(C(C)(C)C)cc1)NC(=O)OC(C)(C)C. The average Bonchev–Trinajstić information content (AvgIpc) is 2.44. The van der Waals surface area contributed by atoms with E-state index >= 15 is 0 Å². The number of alkyl carbamates (subject to hydrolysis) is 1. The summed E-state index contributed by atoms with van der Waals surface area (Å²) >= 11 is 0. The molecule has 1 unspecified atom stereocenters. The lowest BCUT2D eigenvalue weighted by Crippen LogP contribution is -2.45. The molecule has 0 heterocycles. The molecule has 0 radical (unpaired) electrons. The van der Waals surface area contributed by atoms with E-state index in [0.29, 0.717) is 6.42 Å². The summed E-state index contributed by atoms with van der Waals surface area (Å²) in [5.74, 6) is -0.465. The smallest absolute Gasteiger partial charge is 0.408 e. The zero-order valence-corrected chi connectivity index (χ0v) is 16.4. The number of carbonyl (C=O) groups excluding carboxylic acids is 2. The highest BCUT2D eigenvalue weighted by atomic mass is 16.6. The Morgan fingerprint density at radius 3 is 2.04 bits per heavy atom. The van der Waals surface area contributed by atoms with Gasteiger partial charge in [-0.1, -0.05) is 45.0 Å². The highest BCUT2D eigenvalue weighted by molar-refractivity contribution is 5.81. The lowest BCUT2D eigenvalue weighted by Gasteiger charge is -2.23. The summed E-state index contributed by atoms with van der Waals surface area (Å²) < 4.78 is 10.3. The normalized spacial score (nSPS) is 13.1. The second-order valence-corrected chi connectivity index (χ2v) is 8.10. The molecular weight excluding hydrogens is 318 g/mol. The molecule has 0 saturated heterocycles. The Labute approximate surface area is 151 Å². The predicted octanol–water partition coefficient (Wildman–Crippen LogP) is 3.98. The molecule has 5 heteroatoms. The van der Waals surface area contributed by atoms with Crippen molar-refractivity contribution in [2.24, 2.45) is 0 Å². The highest BCUT2D eigenvalue weighted by Crippen LogP contribution is 2.22. The summed E-state index contributed by atoms with van der Waals surface area (Å²) in [6, 6.07) is 7.26. The molecule has 0 fully saturated rings. The number of nitrogens with one attached hydrogen (secondary N) is 1. The fourth-order valence-electron chi connectivity index (χ4n) is 2.26. The molecule has 0 aliphatic heterocycles. The van der Waals surface area contributed by atoms with E-state index in [1.165, 1.54) is 5.56 Å². The first-order valence-electron chi connectivity index (χ1n) is 8.68. The minimum atomic E-state index is -0.782. The summed E-state index contributed by atoms with van der Waals surface area (Å²) in [6.45, 7) is 13.8. The first-order chi connectivity index (χ1) is 11.4. The number of hydrogen-bond acceptors (Lipinski definition) is 4. The number of hydrogen-bond donors (Lipinski definition) is 1. The molecule has 1 N–H and O–H groups in total. The molecule has 1 amide bonds. The van der Waals surface area contributed by atoms with E-state index in [4.69, 9.17) is 9.47 Å². The van der Waals surface area contributed by atoms with Gasteiger partial charge in [-0.2, -0.15) is 0 Å². The van der Waals surface area contributed by atoms with Crippen LogP contribution in [0.2, 0.25) is 0 Å². The molecule has 1 aromatic rings. The van der Waals surface area contributed by atoms with Crippen molar-refractivity contribution in [2.45, 2.75) is 71.9 Å². The van der Waals surface area contributed by atoms with Crippen LogP contribution in [-0.2, 0) is 26.1 Å². The third-order valence-corrected chi connectivity index (χ3v) is 3.52. The molecule has 1 aromatic carbocycles. The minimum Gasteiger partial charge on any atom is -0.464 e. The van der Waals surface area contributed by atoms with Crippen molar-refractivity contribution in [1.29, 1.82) is 0 Å². The maximum Gasteiger partial charge on any atom is 0.408 e. The Morgan fingerprint density at radius 1 is 1.04 bits per heavy atom. The van der Waals surface area contributed by atoms with E-state index in [0.717, 1.165) is 5.56 Å². The van der Waals surface area contributed by atoms with Gasteiger partial charge in [0, 0.05) is 6.42 Å². The van der Waals surface area contributed by atoms with Crippen LogP contribution in [0.4, 0.5) is 4.79 Å². The van der Waals surface area contributed by atoms with Crippen LogP contribution in [0, 0.1) is 0 Å². The molecule has 140 valence electrons. The van der Waals surface area contributed by atoms with Crippen LogP contribution in [-0.4, -0.2) is 30.3 Å². The van der Waals surface area contributed by atoms with E-state index in [-0.39, 0.29) is 12.0 Å². The lowest BCUT2D eigenvalue weighted by atomic mass is 9.86. The zero-order valence-electron chi connectivity index (χ0n) is 16.4. The summed E-state index contributed by atoms with van der Waals surface area (Å²) in [5.41, 5.74) is 1.59. The first kappa shape index (κ1) is 21.0. The monoisotopic (exact) mass is 349 g/mol. The molecule has 0 saturated carbocycles. The fourth-order valence-corrected chi connectivity index (χ4v) is 2.26. The summed E-state index contributed by atoms with van der Waals surface area (Å²) in [5, 5.41) is 2.62. The van der Waals surface area contributed by atoms with Crippen LogP contribution < -0.4 is 5.32 Å². The van der Waals surface area contributed by atoms with Crippen LogP contribution in [0.5, 0.6) is 0 Å². The summed E-state index contributed by atoms with van der Waals surface area (Å²) in [4.78, 5) is 24.2. The van der Waals surface area contributed by atoms with Gasteiger partial charge < -0.3 is 14.8 Å². The Hall–Kier alpha value is -2.04. The topological polar surface area (TPSA) is 64.6 Å². The lowest BCUT2D eigenvalue weighted by molar-refractivity contribution is -0.145. The number of carbonyl (C=O) groups is 2. The second kappa shape index (κ2) is 8.37. The van der Waals surface area contributed by atoms with Gasteiger partial charge in [0.15, 0.2) is 0 Å². The zero-order chi connectivity index (χ0) is 19.3. The van der Waals surface area contributed by atoms with Gasteiger partial charge in [0.2, 0.25) is 0 Å². The van der Waals surface area contributed by atoms with Gasteiger partial charge >= 0.3 is 12.1 Å². The second-order valence-electron chi connectivity index (χ2n) is 8.10. The molecule has 1 rings (SSSR count). The van der Waals surface area contributed by atoms with E-state index in [1.54, 1.807) is 27.7 Å². The summed E-state index contributed by atoms with van der Waals surface area (Å²) in [7, 11) is 0. The fraction of sp³-hybridized carbons (Fsp3) is 0.600. The van der Waals surface area contributed by atoms with Crippen molar-refractivity contribution in [1.82, 2.24) is 5.32 Å². The van der Waals surface area contributed by atoms with Crippen molar-refractivity contribution in [3.8, 4) is 0 Å². The predicted molar refractivity (Wildman–Crippen MR) is 98.6 cm³/mol. The van der Waals surface area contributed by atoms with Gasteiger partial charge in [-0.25, -0.2) is 9.59 Å². The standard InChI is InChI=1S/C20H31NO4/c1-8-24-17(22)16(21-18(23)25-20(5,6)7)13-14-9-11-15(12-10-14)19(2,3)4/h9-12,16H,8,13H2,1-7H3,(H,21,23). The van der Waals surface area contributed by atoms with Crippen LogP contribution in [0.1, 0.15) is 59.6 Å². The number of ether oxygens (including phenoxy) is 2. The average molecular weight is 349 g/mol. The quantitative estimate of drug-likeness (QED) is 0.817. The minimum absolute atomic E-state index is 0.0633. The van der Waals surface area contributed by atoms with Gasteiger partial charge in [-0.15, -0.1) is 0 Å². The van der Waals surface area contributed by atoms with Gasteiger partial charge in [0.1, 0.15) is 11.6 Å². The molecule has 0 spiro atoms. The van der Waals surface area contributed by atoms with Crippen LogP contribution in [0.15, 0.2) is 24.3 Å². The van der Waals surface area contributed by atoms with Crippen molar-refractivity contribution in [3.05, 3.63) is 35.4 Å². The summed E-state index contributed by atoms with van der Waals surface area (Å²) in [6.07, 6.45) is -0.278. The maximum atomic E-state index is 12.2. The number of benzene rings is 1. The molecular formula is C20H31NO4. The van der Waals surface area contributed by atoms with Crippen LogP contribution in [0.3, 0.4) is 0 Å². The van der Waals surface area contributed by atoms with E-state index < -0.39 is 23.7 Å². The van der Waals surface area contributed by atoms with E-state index in [1.807, 2.05) is 24.3 Å². The largest absolute Gasteiger partial charge is 0.464 e. The van der Waals surface area contributed by atoms with Crippen LogP contribution in [0.25, 0.3) is 0 Å². The molecule has 0 bridgehead atoms. The van der Waals surface area contributed by atoms with E-state index in [9.17, 15) is 9.59 Å². The third kappa shape index (κ3) is 7.59. The first-order valence-corrected chi connectivity index (χ1v) is 8.68. The molecule has 5 nitrogen and oxygen atoms in total. The van der Waals surface area contributed by atoms with Gasteiger partial charge in [-0.05, 0) is 44.2 Å². The van der Waals surface area contributed by atoms with Crippen molar-refractivity contribution >= 4 is 12.1 Å². The Morgan fingerprint density at radius 2 is 1.60 bits per heavy atom. The maximum absolute atomic E-state index is 12.2. The Bertz CT molecular complexity index is 579. The van der Waals surface area contributed by atoms with Gasteiger partial charge in [-0.3, -0.25) is 0 Å². The third-order valence-electron chi connectivity index (χ3n) is 3.52. The molecule has 1 atom stereocenters. The number of rotatable bonds is 5. The van der Waals surface area contributed by atoms with Crippen LogP contribution >= 0.6 is 0 Å². The van der Waals surface area contributed by atoms with Crippen molar-refractivity contribution in [2.75, 3.05) is 6.61 Å². The number of esters is 1. The number of amides is 1. The van der Waals surface area contributed by atoms with Crippen molar-refractivity contribution < 1.29 is 19.1 Å². The van der Waals surface area contributed by atoms with Crippen molar-refractivity contribution in [3.63, 3.8) is 0 Å². The highest BCUT2D eigenvalue weighted by Gasteiger charge is 2.26. The molecule has 25 heavy (non-hydrogen) atoms. The van der Waals surface area contributed by atoms with Gasteiger partial charge in [0.25, 0.3) is 0 Å². The molecule has 0 aromatic heterocycles. The molecule has 0 aliphatic carbocycles.